The molecule has 0 bridgehead atoms. The molecule has 15 heteroatoms. The fraction of sp³-hybridized carbons (Fsp3) is 0.467. The minimum atomic E-state index is -0.662. The van der Waals surface area contributed by atoms with Gasteiger partial charge in [-0.3, -0.25) is 24.8 Å². The van der Waals surface area contributed by atoms with Crippen molar-refractivity contribution < 1.29 is 14.4 Å². The lowest BCUT2D eigenvalue weighted by atomic mass is 10.00. The Hall–Kier alpha value is -3.20. The van der Waals surface area contributed by atoms with Crippen LogP contribution >= 0.6 is 34.5 Å². The number of para-hydroxylation sites is 1. The molecule has 4 fully saturated rings. The molecule has 238 valence electrons. The van der Waals surface area contributed by atoms with Crippen LogP contribution in [-0.2, 0) is 22.7 Å². The summed E-state index contributed by atoms with van der Waals surface area (Å²) in [6, 6.07) is 9.91. The predicted octanol–water partition coefficient (Wildman–Crippen LogP) is 2.91. The Morgan fingerprint density at radius 1 is 1.18 bits per heavy atom. The number of benzene rings is 2. The van der Waals surface area contributed by atoms with Gasteiger partial charge >= 0.3 is 6.03 Å². The maximum Gasteiger partial charge on any atom is 0.332 e. The van der Waals surface area contributed by atoms with Gasteiger partial charge in [0.05, 0.1) is 39.5 Å². The smallest absolute Gasteiger partial charge is 0.332 e. The quantitative estimate of drug-likeness (QED) is 0.312. The lowest BCUT2D eigenvalue weighted by Gasteiger charge is -2.47. The van der Waals surface area contributed by atoms with Gasteiger partial charge in [-0.05, 0) is 49.6 Å². The number of halogens is 2. The van der Waals surface area contributed by atoms with Crippen LogP contribution in [0.4, 0.5) is 9.93 Å². The highest BCUT2D eigenvalue weighted by Gasteiger charge is 2.54. The Morgan fingerprint density at radius 3 is 2.73 bits per heavy atom. The van der Waals surface area contributed by atoms with E-state index in [9.17, 15) is 14.4 Å². The largest absolute Gasteiger partial charge is 0.375 e. The SMILES string of the molecule is CC(C)N(C(=O)NCc1ccc(Cl)c(Cl)c1)N1CC(=O)N2[C@@H](CC3CN4C[C@H]4N3)C(=O)N(Cc3cccc4sc(N)nc34)C[C@@H]21. The molecule has 4 aliphatic rings. The van der Waals surface area contributed by atoms with E-state index in [1.54, 1.807) is 28.1 Å². The van der Waals surface area contributed by atoms with E-state index < -0.39 is 12.2 Å². The van der Waals surface area contributed by atoms with Gasteiger partial charge in [0.1, 0.15) is 12.2 Å². The van der Waals surface area contributed by atoms with E-state index in [-0.39, 0.29) is 49.6 Å². The average molecular weight is 673 g/mol. The van der Waals surface area contributed by atoms with Crippen molar-refractivity contribution in [1.29, 1.82) is 0 Å². The molecule has 4 amide bonds. The Morgan fingerprint density at radius 2 is 2.00 bits per heavy atom. The molecule has 5 atom stereocenters. The summed E-state index contributed by atoms with van der Waals surface area (Å²) in [7, 11) is 0. The molecular formula is C30H35Cl2N9O3S. The number of nitrogen functional groups attached to an aromatic ring is 1. The van der Waals surface area contributed by atoms with E-state index in [2.05, 4.69) is 20.5 Å². The molecule has 2 unspecified atom stereocenters. The number of piperazine rings is 2. The Labute approximate surface area is 275 Å². The molecule has 7 rings (SSSR count). The van der Waals surface area contributed by atoms with Gasteiger partial charge in [0, 0.05) is 38.3 Å². The highest BCUT2D eigenvalue weighted by Crippen LogP contribution is 2.34. The number of nitrogens with zero attached hydrogens (tertiary/aromatic N) is 6. The van der Waals surface area contributed by atoms with Crippen LogP contribution in [0.25, 0.3) is 10.2 Å². The maximum atomic E-state index is 14.2. The molecule has 0 aliphatic carbocycles. The van der Waals surface area contributed by atoms with Crippen molar-refractivity contribution in [3.05, 3.63) is 57.6 Å². The van der Waals surface area contributed by atoms with Gasteiger partial charge in [0.25, 0.3) is 0 Å². The molecule has 0 saturated carbocycles. The second-order valence-corrected chi connectivity index (χ2v) is 14.2. The van der Waals surface area contributed by atoms with E-state index in [1.165, 1.54) is 11.3 Å². The van der Waals surface area contributed by atoms with E-state index in [4.69, 9.17) is 28.9 Å². The monoisotopic (exact) mass is 671 g/mol. The van der Waals surface area contributed by atoms with Crippen molar-refractivity contribution >= 4 is 67.7 Å². The third-order valence-corrected chi connectivity index (χ3v) is 10.5. The van der Waals surface area contributed by atoms with Gasteiger partial charge in [0.2, 0.25) is 11.8 Å². The summed E-state index contributed by atoms with van der Waals surface area (Å²) in [6.45, 7) is 6.46. The van der Waals surface area contributed by atoms with Crippen LogP contribution in [0.3, 0.4) is 0 Å². The molecule has 12 nitrogen and oxygen atoms in total. The van der Waals surface area contributed by atoms with Crippen molar-refractivity contribution in [2.24, 2.45) is 0 Å². The normalized spacial score (nSPS) is 26.1. The third kappa shape index (κ3) is 5.81. The molecule has 5 heterocycles. The van der Waals surface area contributed by atoms with Crippen LogP contribution in [0.2, 0.25) is 10.0 Å². The van der Waals surface area contributed by atoms with Gasteiger partial charge < -0.3 is 20.9 Å². The summed E-state index contributed by atoms with van der Waals surface area (Å²) < 4.78 is 0.957. The van der Waals surface area contributed by atoms with Crippen molar-refractivity contribution in [3.63, 3.8) is 0 Å². The average Bonchev–Trinajstić information content (AvgIpc) is 3.26. The number of fused-ring (bicyclic) bond motifs is 3. The molecule has 0 spiro atoms. The molecule has 4 saturated heterocycles. The van der Waals surface area contributed by atoms with Gasteiger partial charge in [-0.2, -0.15) is 5.01 Å². The van der Waals surface area contributed by atoms with Crippen LogP contribution in [0.1, 0.15) is 31.4 Å². The molecular weight excluding hydrogens is 637 g/mol. The first-order valence-corrected chi connectivity index (χ1v) is 16.7. The number of amides is 4. The minimum Gasteiger partial charge on any atom is -0.375 e. The van der Waals surface area contributed by atoms with E-state index >= 15 is 0 Å². The topological polar surface area (TPSA) is 130 Å². The number of thiazole rings is 1. The number of carbonyl (C=O) groups excluding carboxylic acids is 3. The fourth-order valence-corrected chi connectivity index (χ4v) is 7.96. The van der Waals surface area contributed by atoms with Gasteiger partial charge in [-0.1, -0.05) is 52.7 Å². The Bertz CT molecular complexity index is 1660. The molecule has 3 aromatic rings. The zero-order valence-corrected chi connectivity index (χ0v) is 27.3. The number of urea groups is 1. The summed E-state index contributed by atoms with van der Waals surface area (Å²) >= 11 is 13.7. The number of hydrogen-bond donors (Lipinski definition) is 3. The first kappa shape index (κ1) is 30.5. The number of nitrogens with two attached hydrogens (primary N) is 1. The second-order valence-electron chi connectivity index (χ2n) is 12.3. The van der Waals surface area contributed by atoms with Crippen molar-refractivity contribution in [3.8, 4) is 0 Å². The number of nitrogens with one attached hydrogen (secondary N) is 2. The zero-order chi connectivity index (χ0) is 31.6. The maximum absolute atomic E-state index is 14.2. The standard InChI is InChI=1S/C30H35Cl2N9O3S/c1-16(2)41(30(44)34-10-17-6-7-20(31)21(32)8-17)39-15-26(42)40-22(9-19-12-37-13-24(37)35-19)28(43)38(14-25(39)40)11-18-4-3-5-23-27(18)36-29(33)45-23/h3-8,16,19,22,24-25,35H,9-15H2,1-2H3,(H2,33,36)(H,34,44)/t19?,22-,24-,25+,37?/m0/s1. The van der Waals surface area contributed by atoms with Crippen LogP contribution < -0.4 is 16.4 Å². The molecule has 2 aromatic carbocycles. The molecule has 4 aliphatic heterocycles. The number of hydrogen-bond acceptors (Lipinski definition) is 9. The van der Waals surface area contributed by atoms with Crippen molar-refractivity contribution in [2.75, 3.05) is 31.9 Å². The van der Waals surface area contributed by atoms with E-state index in [0.29, 0.717) is 34.3 Å². The van der Waals surface area contributed by atoms with Crippen LogP contribution in [0.5, 0.6) is 0 Å². The molecule has 1 aromatic heterocycles. The zero-order valence-electron chi connectivity index (χ0n) is 25.0. The molecule has 0 radical (unpaired) electrons. The molecule has 45 heavy (non-hydrogen) atoms. The summed E-state index contributed by atoms with van der Waals surface area (Å²) in [5, 5.41) is 11.3. The van der Waals surface area contributed by atoms with E-state index in [0.717, 1.165) is 34.4 Å². The first-order valence-electron chi connectivity index (χ1n) is 15.1. The molecule has 4 N–H and O–H groups in total. The minimum absolute atomic E-state index is 0.00823. The number of hydrazine groups is 1. The summed E-state index contributed by atoms with van der Waals surface area (Å²) in [5.41, 5.74) is 8.49. The number of anilines is 1. The van der Waals surface area contributed by atoms with Gasteiger partial charge in [-0.25, -0.2) is 9.78 Å². The summed E-state index contributed by atoms with van der Waals surface area (Å²) in [6.07, 6.45) is 0.335. The predicted molar refractivity (Wildman–Crippen MR) is 173 cm³/mol. The fourth-order valence-electron chi connectivity index (χ4n) is 6.86. The number of carbonyl (C=O) groups is 3. The third-order valence-electron chi connectivity index (χ3n) is 8.95. The van der Waals surface area contributed by atoms with Crippen molar-refractivity contribution in [2.45, 2.75) is 63.8 Å². The van der Waals surface area contributed by atoms with Crippen LogP contribution in [0.15, 0.2) is 36.4 Å². The highest BCUT2D eigenvalue weighted by molar-refractivity contribution is 7.22. The number of aromatic nitrogens is 1. The lowest BCUT2D eigenvalue weighted by Crippen LogP contribution is -2.66. The second kappa shape index (κ2) is 11.9. The Balaban J connectivity index is 1.16. The van der Waals surface area contributed by atoms with Gasteiger partial charge in [-0.15, -0.1) is 0 Å². The first-order chi connectivity index (χ1) is 21.6. The number of rotatable bonds is 8. The lowest BCUT2D eigenvalue weighted by molar-refractivity contribution is -0.159. The highest BCUT2D eigenvalue weighted by atomic mass is 35.5. The summed E-state index contributed by atoms with van der Waals surface area (Å²) in [4.78, 5) is 52.1. The van der Waals surface area contributed by atoms with Gasteiger partial charge in [0.15, 0.2) is 5.13 Å². The summed E-state index contributed by atoms with van der Waals surface area (Å²) in [5.74, 6) is -0.266. The van der Waals surface area contributed by atoms with Crippen LogP contribution in [0, 0.1) is 0 Å². The van der Waals surface area contributed by atoms with E-state index in [1.807, 2.05) is 42.0 Å². The Kier molecular flexibility index (Phi) is 8.03. The van der Waals surface area contributed by atoms with Crippen molar-refractivity contribution in [1.82, 2.24) is 40.3 Å². The van der Waals surface area contributed by atoms with Crippen LogP contribution in [-0.4, -0.2) is 104 Å².